The van der Waals surface area contributed by atoms with E-state index >= 15 is 8.42 Å². The summed E-state index contributed by atoms with van der Waals surface area (Å²) in [6.07, 6.45) is 33.4. The van der Waals surface area contributed by atoms with Gasteiger partial charge in [-0.1, -0.05) is 46.0 Å². The standard InChI is InChI=1S/C46H81O3PS/c1-6-11-16-18-20-22-24-26-29-34-43-35-33-39-46(45(43)38-32-27-25-23-21-19-17-12-7-2)51(47,48)49-50(40-13-8-3,41-14-9-4,42-15-10-5)44-36-30-28-31-37-44/h28,30-31,33,35-37,39H,6-27,29,32,34,38,40-42H2,1-5H3. The van der Waals surface area contributed by atoms with Crippen LogP contribution in [0.25, 0.3) is 0 Å². The average molecular weight is 745 g/mol. The van der Waals surface area contributed by atoms with Gasteiger partial charge in [-0.05, 0) is 0 Å². The van der Waals surface area contributed by atoms with Gasteiger partial charge in [0.2, 0.25) is 0 Å². The Morgan fingerprint density at radius 3 is 1.31 bits per heavy atom. The molecule has 2 rings (SSSR count). The summed E-state index contributed by atoms with van der Waals surface area (Å²) in [6, 6.07) is 16.7. The van der Waals surface area contributed by atoms with Gasteiger partial charge in [0.25, 0.3) is 0 Å². The zero-order valence-corrected chi connectivity index (χ0v) is 35.9. The van der Waals surface area contributed by atoms with Crippen LogP contribution >= 0.6 is 6.83 Å². The molecule has 294 valence electrons. The van der Waals surface area contributed by atoms with Crippen molar-refractivity contribution in [2.24, 2.45) is 0 Å². The summed E-state index contributed by atoms with van der Waals surface area (Å²) in [7, 11) is -4.02. The first-order valence-electron chi connectivity index (χ1n) is 22.0. The Morgan fingerprint density at radius 1 is 0.451 bits per heavy atom. The fraction of sp³-hybridized carbons (Fsp3) is 0.739. The molecular weight excluding hydrogens is 664 g/mol. The second-order valence-electron chi connectivity index (χ2n) is 15.8. The number of hydrogen-bond acceptors (Lipinski definition) is 3. The summed E-state index contributed by atoms with van der Waals surface area (Å²) in [5, 5.41) is 1.16. The quantitative estimate of drug-likeness (QED) is 0.0540. The van der Waals surface area contributed by atoms with Gasteiger partial charge < -0.3 is 0 Å². The Bertz CT molecular complexity index is 1230. The third kappa shape index (κ3) is 16.0. The van der Waals surface area contributed by atoms with E-state index in [1.54, 1.807) is 0 Å². The average Bonchev–Trinajstić information content (AvgIpc) is 3.14. The molecule has 5 heteroatoms. The summed E-state index contributed by atoms with van der Waals surface area (Å²) < 4.78 is 37.3. The monoisotopic (exact) mass is 745 g/mol. The second kappa shape index (κ2) is 26.5. The van der Waals surface area contributed by atoms with E-state index in [0.29, 0.717) is 4.90 Å². The molecule has 0 aromatic heterocycles. The van der Waals surface area contributed by atoms with Crippen LogP contribution in [0.2, 0.25) is 0 Å². The van der Waals surface area contributed by atoms with Crippen molar-refractivity contribution >= 4 is 22.3 Å². The smallest absolute Gasteiger partial charge is 0.0654 e. The number of unbranched alkanes of at least 4 members (excludes halogenated alkanes) is 19. The van der Waals surface area contributed by atoms with E-state index in [4.69, 9.17) is 3.97 Å². The van der Waals surface area contributed by atoms with Crippen molar-refractivity contribution in [1.29, 1.82) is 0 Å². The number of hydrogen-bond donors (Lipinski definition) is 0. The minimum Gasteiger partial charge on any atom is -0.0654 e. The van der Waals surface area contributed by atoms with Crippen LogP contribution in [0.1, 0.15) is 200 Å². The Morgan fingerprint density at radius 2 is 0.863 bits per heavy atom. The van der Waals surface area contributed by atoms with Gasteiger partial charge in [-0.3, -0.25) is 0 Å². The maximum absolute atomic E-state index is 15.1. The second-order valence-corrected chi connectivity index (χ2v) is 22.8. The van der Waals surface area contributed by atoms with Gasteiger partial charge in [0.1, 0.15) is 0 Å². The van der Waals surface area contributed by atoms with Crippen LogP contribution < -0.4 is 5.30 Å². The predicted octanol–water partition coefficient (Wildman–Crippen LogP) is 14.7. The number of aryl methyl sites for hydroxylation is 1. The van der Waals surface area contributed by atoms with Gasteiger partial charge in [0, 0.05) is 0 Å². The molecule has 51 heavy (non-hydrogen) atoms. The van der Waals surface area contributed by atoms with Crippen molar-refractivity contribution in [3.63, 3.8) is 0 Å². The fourth-order valence-corrected chi connectivity index (χ4v) is 18.1. The third-order valence-corrected chi connectivity index (χ3v) is 20.3. The Hall–Kier alpha value is -1.22. The molecule has 0 radical (unpaired) electrons. The molecule has 0 saturated heterocycles. The minimum atomic E-state index is -4.02. The molecule has 0 heterocycles. The SMILES string of the molecule is CCCCCCCCCCCc1cccc(S(=O)(=O)OP(CCCC)(CCCC)(CCCC)c2ccccc2)c1CCCCCCCCCCC. The van der Waals surface area contributed by atoms with E-state index in [2.05, 4.69) is 71.0 Å². The summed E-state index contributed by atoms with van der Waals surface area (Å²) >= 11 is 0. The summed E-state index contributed by atoms with van der Waals surface area (Å²) in [4.78, 5) is 0.463. The van der Waals surface area contributed by atoms with Crippen molar-refractivity contribution in [3.05, 3.63) is 59.7 Å². The number of benzene rings is 2. The van der Waals surface area contributed by atoms with E-state index < -0.39 is 16.9 Å². The van der Waals surface area contributed by atoms with Crippen molar-refractivity contribution < 1.29 is 12.4 Å². The molecule has 0 saturated carbocycles. The van der Waals surface area contributed by atoms with Crippen LogP contribution in [0.5, 0.6) is 0 Å². The molecule has 0 fully saturated rings. The predicted molar refractivity (Wildman–Crippen MR) is 229 cm³/mol. The molecule has 2 aromatic rings. The molecule has 0 spiro atoms. The molecule has 0 amide bonds. The van der Waals surface area contributed by atoms with Crippen LogP contribution in [0, 0.1) is 0 Å². The Labute approximate surface area is 318 Å². The van der Waals surface area contributed by atoms with Crippen molar-refractivity contribution in [2.45, 2.75) is 206 Å². The van der Waals surface area contributed by atoms with Gasteiger partial charge >= 0.3 is 273 Å². The van der Waals surface area contributed by atoms with Gasteiger partial charge in [0.05, 0.1) is 0 Å². The Kier molecular flexibility index (Phi) is 23.9. The fourth-order valence-electron chi connectivity index (χ4n) is 8.16. The summed E-state index contributed by atoms with van der Waals surface area (Å²) in [6.45, 7) is 7.87. The van der Waals surface area contributed by atoms with Gasteiger partial charge in [-0.2, -0.15) is 0 Å². The van der Waals surface area contributed by atoms with Gasteiger partial charge in [-0.15, -0.1) is 0 Å². The molecule has 3 nitrogen and oxygen atoms in total. The molecule has 0 aliphatic heterocycles. The molecule has 0 N–H and O–H groups in total. The van der Waals surface area contributed by atoms with Crippen LogP contribution in [-0.2, 0) is 26.9 Å². The number of rotatable bonds is 33. The minimum absolute atomic E-state index is 0.463. The molecule has 0 aliphatic rings. The molecule has 0 bridgehead atoms. The van der Waals surface area contributed by atoms with Crippen molar-refractivity contribution in [1.82, 2.24) is 0 Å². The van der Waals surface area contributed by atoms with Crippen LogP contribution in [0.15, 0.2) is 53.4 Å². The zero-order chi connectivity index (χ0) is 37.1. The first-order chi connectivity index (χ1) is 24.8. The molecule has 0 aliphatic carbocycles. The van der Waals surface area contributed by atoms with Gasteiger partial charge in [-0.25, -0.2) is 0 Å². The molecular formula is C46H81O3PS. The van der Waals surface area contributed by atoms with Crippen molar-refractivity contribution in [3.8, 4) is 0 Å². The van der Waals surface area contributed by atoms with Crippen LogP contribution in [-0.4, -0.2) is 26.9 Å². The molecule has 0 atom stereocenters. The van der Waals surface area contributed by atoms with E-state index in [1.807, 2.05) is 12.1 Å². The third-order valence-electron chi connectivity index (χ3n) is 11.4. The van der Waals surface area contributed by atoms with E-state index in [0.717, 1.165) is 100.0 Å². The van der Waals surface area contributed by atoms with Crippen LogP contribution in [0.3, 0.4) is 0 Å². The molecule has 2 aromatic carbocycles. The van der Waals surface area contributed by atoms with Crippen LogP contribution in [0.4, 0.5) is 0 Å². The van der Waals surface area contributed by atoms with E-state index in [1.165, 1.54) is 102 Å². The molecule has 0 unspecified atom stereocenters. The first-order valence-corrected chi connectivity index (χ1v) is 26.1. The summed E-state index contributed by atoms with van der Waals surface area (Å²) in [5.74, 6) is 0. The zero-order valence-electron chi connectivity index (χ0n) is 34.2. The van der Waals surface area contributed by atoms with E-state index in [-0.39, 0.29) is 0 Å². The van der Waals surface area contributed by atoms with Crippen molar-refractivity contribution in [2.75, 3.05) is 18.5 Å². The topological polar surface area (TPSA) is 43.4 Å². The summed E-state index contributed by atoms with van der Waals surface area (Å²) in [5.41, 5.74) is 2.28. The van der Waals surface area contributed by atoms with Gasteiger partial charge in [0.15, 0.2) is 0 Å². The first kappa shape index (κ1) is 45.9. The van der Waals surface area contributed by atoms with E-state index in [9.17, 15) is 0 Å². The Balaban J connectivity index is 2.44. The maximum atomic E-state index is 15.1. The normalized spacial score (nSPS) is 13.0.